The molecule has 0 bridgehead atoms. The number of methoxy groups -OCH3 is 2. The molecule has 0 amide bonds. The second-order valence-electron chi connectivity index (χ2n) is 4.38. The van der Waals surface area contributed by atoms with Crippen molar-refractivity contribution >= 4 is 0 Å². The van der Waals surface area contributed by atoms with Gasteiger partial charge in [0.1, 0.15) is 0 Å². The number of aliphatic hydroxyl groups is 1. The monoisotopic (exact) mass is 283 g/mol. The van der Waals surface area contributed by atoms with Crippen molar-refractivity contribution in [1.29, 1.82) is 0 Å². The molecule has 114 valence electrons. The molecule has 1 aromatic rings. The molecule has 0 fully saturated rings. The van der Waals surface area contributed by atoms with Crippen molar-refractivity contribution in [2.24, 2.45) is 0 Å². The standard InChI is InChI=1S/C15H25NO4/c1-4-20-9-5-8-16-11-13(17)12-6-7-14(18-2)15(10-12)19-3/h6-7,10,13,16-17H,4-5,8-9,11H2,1-3H3. The van der Waals surface area contributed by atoms with E-state index in [2.05, 4.69) is 5.32 Å². The van der Waals surface area contributed by atoms with Crippen LogP contribution in [0, 0.1) is 0 Å². The largest absolute Gasteiger partial charge is 0.493 e. The van der Waals surface area contributed by atoms with E-state index in [9.17, 15) is 5.11 Å². The zero-order chi connectivity index (χ0) is 14.8. The molecule has 5 nitrogen and oxygen atoms in total. The van der Waals surface area contributed by atoms with Crippen LogP contribution < -0.4 is 14.8 Å². The Kier molecular flexibility index (Phi) is 8.02. The van der Waals surface area contributed by atoms with Gasteiger partial charge in [0.05, 0.1) is 20.3 Å². The van der Waals surface area contributed by atoms with Crippen molar-refractivity contribution in [3.63, 3.8) is 0 Å². The Morgan fingerprint density at radius 2 is 1.95 bits per heavy atom. The molecule has 0 aliphatic rings. The molecule has 5 heteroatoms. The van der Waals surface area contributed by atoms with Crippen LogP contribution in [-0.4, -0.2) is 45.6 Å². The SMILES string of the molecule is CCOCCCNCC(O)c1ccc(OC)c(OC)c1. The second kappa shape index (κ2) is 9.58. The molecule has 0 aromatic heterocycles. The molecule has 0 aliphatic carbocycles. The molecule has 0 spiro atoms. The minimum atomic E-state index is -0.568. The van der Waals surface area contributed by atoms with Crippen LogP contribution in [0.5, 0.6) is 11.5 Å². The summed E-state index contributed by atoms with van der Waals surface area (Å²) in [5.41, 5.74) is 0.806. The highest BCUT2D eigenvalue weighted by atomic mass is 16.5. The summed E-state index contributed by atoms with van der Waals surface area (Å²) >= 11 is 0. The lowest BCUT2D eigenvalue weighted by atomic mass is 10.1. The van der Waals surface area contributed by atoms with Gasteiger partial charge >= 0.3 is 0 Å². The van der Waals surface area contributed by atoms with Gasteiger partial charge in [-0.1, -0.05) is 6.07 Å². The van der Waals surface area contributed by atoms with Gasteiger partial charge in [0.2, 0.25) is 0 Å². The van der Waals surface area contributed by atoms with Crippen molar-refractivity contribution in [1.82, 2.24) is 5.32 Å². The summed E-state index contributed by atoms with van der Waals surface area (Å²) in [6, 6.07) is 5.44. The fourth-order valence-electron chi connectivity index (χ4n) is 1.86. The van der Waals surface area contributed by atoms with Gasteiger partial charge in [-0.25, -0.2) is 0 Å². The van der Waals surface area contributed by atoms with Gasteiger partial charge in [0, 0.05) is 19.8 Å². The first-order valence-corrected chi connectivity index (χ1v) is 6.91. The molecule has 1 aromatic carbocycles. The first-order chi connectivity index (χ1) is 9.72. The summed E-state index contributed by atoms with van der Waals surface area (Å²) in [6.45, 7) is 4.80. The summed E-state index contributed by atoms with van der Waals surface area (Å²) in [5.74, 6) is 1.29. The molecular formula is C15H25NO4. The van der Waals surface area contributed by atoms with Crippen molar-refractivity contribution in [2.45, 2.75) is 19.4 Å². The maximum Gasteiger partial charge on any atom is 0.161 e. The van der Waals surface area contributed by atoms with Gasteiger partial charge in [0.25, 0.3) is 0 Å². The lowest BCUT2D eigenvalue weighted by Gasteiger charge is -2.15. The van der Waals surface area contributed by atoms with E-state index in [0.29, 0.717) is 18.0 Å². The molecule has 1 unspecified atom stereocenters. The minimum absolute atomic E-state index is 0.502. The average Bonchev–Trinajstić information content (AvgIpc) is 2.49. The van der Waals surface area contributed by atoms with Crippen LogP contribution in [0.4, 0.5) is 0 Å². The second-order valence-corrected chi connectivity index (χ2v) is 4.38. The van der Waals surface area contributed by atoms with Gasteiger partial charge in [-0.3, -0.25) is 0 Å². The molecule has 0 radical (unpaired) electrons. The summed E-state index contributed by atoms with van der Waals surface area (Å²) in [6.07, 6.45) is 0.369. The summed E-state index contributed by atoms with van der Waals surface area (Å²) in [7, 11) is 3.17. The average molecular weight is 283 g/mol. The highest BCUT2D eigenvalue weighted by Crippen LogP contribution is 2.29. The summed E-state index contributed by atoms with van der Waals surface area (Å²) in [5, 5.41) is 13.3. The summed E-state index contributed by atoms with van der Waals surface area (Å²) < 4.78 is 15.6. The Morgan fingerprint density at radius 3 is 2.60 bits per heavy atom. The molecule has 1 rings (SSSR count). The van der Waals surface area contributed by atoms with Crippen LogP contribution >= 0.6 is 0 Å². The van der Waals surface area contributed by atoms with Crippen molar-refractivity contribution < 1.29 is 19.3 Å². The Balaban J connectivity index is 2.41. The molecule has 0 saturated heterocycles. The maximum absolute atomic E-state index is 10.1. The molecule has 20 heavy (non-hydrogen) atoms. The number of aliphatic hydroxyl groups excluding tert-OH is 1. The highest BCUT2D eigenvalue weighted by Gasteiger charge is 2.11. The smallest absolute Gasteiger partial charge is 0.161 e. The number of ether oxygens (including phenoxy) is 3. The molecule has 2 N–H and O–H groups in total. The van der Waals surface area contributed by atoms with E-state index in [4.69, 9.17) is 14.2 Å². The Labute approximate surface area is 120 Å². The number of nitrogens with one attached hydrogen (secondary N) is 1. The molecule has 0 aliphatic heterocycles. The van der Waals surface area contributed by atoms with E-state index < -0.39 is 6.10 Å². The van der Waals surface area contributed by atoms with Crippen LogP contribution in [0.3, 0.4) is 0 Å². The van der Waals surface area contributed by atoms with E-state index in [1.54, 1.807) is 26.4 Å². The van der Waals surface area contributed by atoms with Crippen LogP contribution in [0.1, 0.15) is 25.0 Å². The van der Waals surface area contributed by atoms with Crippen LogP contribution in [0.2, 0.25) is 0 Å². The highest BCUT2D eigenvalue weighted by molar-refractivity contribution is 5.43. The minimum Gasteiger partial charge on any atom is -0.493 e. The van der Waals surface area contributed by atoms with Crippen molar-refractivity contribution in [2.75, 3.05) is 40.5 Å². The molecule has 0 saturated carbocycles. The van der Waals surface area contributed by atoms with Gasteiger partial charge in [-0.15, -0.1) is 0 Å². The first kappa shape index (κ1) is 16.8. The van der Waals surface area contributed by atoms with E-state index in [0.717, 1.165) is 31.7 Å². The molecule has 0 heterocycles. The predicted molar refractivity (Wildman–Crippen MR) is 78.5 cm³/mol. The molecular weight excluding hydrogens is 258 g/mol. The first-order valence-electron chi connectivity index (χ1n) is 6.91. The van der Waals surface area contributed by atoms with E-state index in [-0.39, 0.29) is 0 Å². The van der Waals surface area contributed by atoms with Gasteiger partial charge in [-0.05, 0) is 37.6 Å². The third-order valence-corrected chi connectivity index (χ3v) is 2.98. The molecule has 1 atom stereocenters. The van der Waals surface area contributed by atoms with E-state index >= 15 is 0 Å². The Hall–Kier alpha value is -1.30. The fourth-order valence-corrected chi connectivity index (χ4v) is 1.86. The van der Waals surface area contributed by atoms with E-state index in [1.165, 1.54) is 0 Å². The summed E-state index contributed by atoms with van der Waals surface area (Å²) in [4.78, 5) is 0. The van der Waals surface area contributed by atoms with Crippen molar-refractivity contribution in [3.8, 4) is 11.5 Å². The Morgan fingerprint density at radius 1 is 1.20 bits per heavy atom. The van der Waals surface area contributed by atoms with E-state index in [1.807, 2.05) is 13.0 Å². The van der Waals surface area contributed by atoms with Gasteiger partial charge < -0.3 is 24.6 Å². The number of rotatable bonds is 10. The van der Waals surface area contributed by atoms with Gasteiger partial charge in [0.15, 0.2) is 11.5 Å². The number of hydrogen-bond donors (Lipinski definition) is 2. The quantitative estimate of drug-likeness (QED) is 0.641. The normalized spacial score (nSPS) is 12.2. The zero-order valence-corrected chi connectivity index (χ0v) is 12.5. The lowest BCUT2D eigenvalue weighted by molar-refractivity contribution is 0.140. The van der Waals surface area contributed by atoms with Crippen LogP contribution in [0.15, 0.2) is 18.2 Å². The zero-order valence-electron chi connectivity index (χ0n) is 12.5. The number of hydrogen-bond acceptors (Lipinski definition) is 5. The topological polar surface area (TPSA) is 60.0 Å². The van der Waals surface area contributed by atoms with Crippen molar-refractivity contribution in [3.05, 3.63) is 23.8 Å². The van der Waals surface area contributed by atoms with Gasteiger partial charge in [-0.2, -0.15) is 0 Å². The van der Waals surface area contributed by atoms with Crippen LogP contribution in [0.25, 0.3) is 0 Å². The third-order valence-electron chi connectivity index (χ3n) is 2.98. The maximum atomic E-state index is 10.1. The lowest BCUT2D eigenvalue weighted by Crippen LogP contribution is -2.23. The third kappa shape index (κ3) is 5.36. The predicted octanol–water partition coefficient (Wildman–Crippen LogP) is 1.75. The number of benzene rings is 1. The van der Waals surface area contributed by atoms with Crippen LogP contribution in [-0.2, 0) is 4.74 Å². The Bertz CT molecular complexity index is 384. The fraction of sp³-hybridized carbons (Fsp3) is 0.600.